The van der Waals surface area contributed by atoms with E-state index in [0.717, 1.165) is 12.1 Å². The van der Waals surface area contributed by atoms with E-state index < -0.39 is 30.0 Å². The summed E-state index contributed by atoms with van der Waals surface area (Å²) in [4.78, 5) is -0.823. The van der Waals surface area contributed by atoms with Gasteiger partial charge in [0.25, 0.3) is 20.2 Å². The molecule has 0 atom stereocenters. The van der Waals surface area contributed by atoms with Crippen molar-refractivity contribution in [1.29, 1.82) is 0 Å². The first-order chi connectivity index (χ1) is 8.21. The molecular weight excluding hydrogens is 358 g/mol. The van der Waals surface area contributed by atoms with E-state index in [-0.39, 0.29) is 114 Å². The van der Waals surface area contributed by atoms with Crippen LogP contribution in [0.1, 0.15) is 0 Å². The van der Waals surface area contributed by atoms with Gasteiger partial charge < -0.3 is 0 Å². The Labute approximate surface area is 201 Å². The van der Waals surface area contributed by atoms with Crippen LogP contribution in [0.25, 0.3) is 10.8 Å². The van der Waals surface area contributed by atoms with E-state index in [1.54, 1.807) is 0 Å². The maximum absolute atomic E-state index is 11.2. The van der Waals surface area contributed by atoms with Gasteiger partial charge in [0.15, 0.2) is 0 Å². The fraction of sp³-hybridized carbons (Fsp3) is 0. The van der Waals surface area contributed by atoms with Gasteiger partial charge in [-0.1, -0.05) is 24.3 Å². The molecule has 0 heterocycles. The first-order valence-electron chi connectivity index (χ1n) is 4.68. The average molecular weight is 369 g/mol. The first-order valence-corrected chi connectivity index (χ1v) is 7.56. The van der Waals surface area contributed by atoms with Crippen molar-refractivity contribution in [2.45, 2.75) is 9.79 Å². The van der Waals surface area contributed by atoms with Crippen LogP contribution in [0, 0.1) is 0 Å². The summed E-state index contributed by atoms with van der Waals surface area (Å²) in [5.74, 6) is 0. The summed E-state index contributed by atoms with van der Waals surface area (Å²) >= 11 is 0. The number of hydrogen-bond acceptors (Lipinski definition) is 4. The van der Waals surface area contributed by atoms with Crippen molar-refractivity contribution >= 4 is 134 Å². The van der Waals surface area contributed by atoms with Gasteiger partial charge in [-0.3, -0.25) is 9.11 Å². The third-order valence-electron chi connectivity index (χ3n) is 2.40. The van der Waals surface area contributed by atoms with Gasteiger partial charge in [0.2, 0.25) is 0 Å². The minimum absolute atomic E-state index is 0. The van der Waals surface area contributed by atoms with E-state index in [2.05, 4.69) is 0 Å². The molecule has 0 radical (unpaired) electrons. The molecule has 6 nitrogen and oxygen atoms in total. The number of rotatable bonds is 2. The molecule has 0 aromatic heterocycles. The second-order valence-corrected chi connectivity index (χ2v) is 6.34. The van der Waals surface area contributed by atoms with E-state index in [1.807, 2.05) is 0 Å². The van der Waals surface area contributed by atoms with Crippen molar-refractivity contribution in [1.82, 2.24) is 0 Å². The molecule has 0 spiro atoms. The van der Waals surface area contributed by atoms with Crippen molar-refractivity contribution in [3.8, 4) is 0 Å². The topological polar surface area (TPSA) is 109 Å². The Morgan fingerprint density at radius 3 is 1.20 bits per heavy atom. The van der Waals surface area contributed by atoms with Crippen LogP contribution in [0.5, 0.6) is 0 Å². The molecule has 2 N–H and O–H groups in total. The molecule has 2 rings (SSSR count). The van der Waals surface area contributed by atoms with E-state index in [0.29, 0.717) is 0 Å². The van der Waals surface area contributed by atoms with E-state index in [9.17, 15) is 16.8 Å². The Morgan fingerprint density at radius 2 is 0.950 bits per heavy atom. The fourth-order valence-electron chi connectivity index (χ4n) is 1.70. The van der Waals surface area contributed by atoms with Gasteiger partial charge in [-0.05, 0) is 12.1 Å². The molecule has 10 heteroatoms. The van der Waals surface area contributed by atoms with E-state index in [4.69, 9.17) is 9.11 Å². The second-order valence-electron chi connectivity index (χ2n) is 3.56. The normalized spacial score (nSPS) is 11.5. The van der Waals surface area contributed by atoms with Crippen LogP contribution in [0.2, 0.25) is 0 Å². The van der Waals surface area contributed by atoms with E-state index >= 15 is 0 Å². The predicted molar refractivity (Wildman–Crippen MR) is 77.9 cm³/mol. The summed E-state index contributed by atoms with van der Waals surface area (Å²) in [6, 6.07) is 7.53. The molecule has 0 aliphatic carbocycles. The van der Waals surface area contributed by atoms with Gasteiger partial charge in [-0.15, -0.1) is 0 Å². The van der Waals surface area contributed by atoms with Gasteiger partial charge >= 0.3 is 103 Å². The number of hydrogen-bond donors (Lipinski definition) is 2. The Bertz CT molecular complexity index is 759. The first kappa shape index (κ1) is 21.8. The van der Waals surface area contributed by atoms with Crippen LogP contribution in [0.15, 0.2) is 46.2 Å². The van der Waals surface area contributed by atoms with Crippen LogP contribution in [-0.2, 0) is 20.2 Å². The molecule has 0 unspecified atom stereocenters. The van der Waals surface area contributed by atoms with Gasteiger partial charge in [-0.2, -0.15) is 16.8 Å². The molecule has 2 aromatic rings. The zero-order valence-electron chi connectivity index (χ0n) is 8.81. The molecule has 0 aliphatic rings. The molecule has 100 valence electrons. The number of fused-ring (bicyclic) bond motifs is 1. The summed E-state index contributed by atoms with van der Waals surface area (Å²) in [7, 11) is -8.94. The van der Waals surface area contributed by atoms with Crippen molar-refractivity contribution in [2.24, 2.45) is 0 Å². The Balaban J connectivity index is 0.00000180. The maximum atomic E-state index is 11.2. The van der Waals surface area contributed by atoms with E-state index in [1.165, 1.54) is 24.3 Å². The van der Waals surface area contributed by atoms with Gasteiger partial charge in [0.05, 0.1) is 0 Å². The molecular formula is C10H10K2O6S2. The SMILES string of the molecule is O=S(=O)(O)c1cccc2c(S(=O)(=O)O)cccc12.[KH].[KH]. The van der Waals surface area contributed by atoms with Gasteiger partial charge in [0.1, 0.15) is 9.79 Å². The molecule has 0 amide bonds. The fourth-order valence-corrected chi connectivity index (χ4v) is 3.12. The Kier molecular flexibility index (Phi) is 8.78. The average Bonchev–Trinajstić information content (AvgIpc) is 2.24. The third kappa shape index (κ3) is 4.89. The molecule has 0 saturated carbocycles. The van der Waals surface area contributed by atoms with Crippen LogP contribution in [0.3, 0.4) is 0 Å². The monoisotopic (exact) mass is 368 g/mol. The summed E-state index contributed by atoms with van der Waals surface area (Å²) in [5, 5.41) is 0.0465. The van der Waals surface area contributed by atoms with Crippen LogP contribution in [-0.4, -0.2) is 129 Å². The third-order valence-corrected chi connectivity index (χ3v) is 4.22. The predicted octanol–water partition coefficient (Wildman–Crippen LogP) is 0.0362. The molecule has 0 fully saturated rings. The zero-order chi connectivity index (χ0) is 13.6. The minimum atomic E-state index is -4.47. The van der Waals surface area contributed by atoms with Crippen LogP contribution in [0.4, 0.5) is 0 Å². The molecule has 0 saturated heterocycles. The second kappa shape index (κ2) is 8.06. The van der Waals surface area contributed by atoms with Crippen LogP contribution >= 0.6 is 0 Å². The van der Waals surface area contributed by atoms with Crippen molar-refractivity contribution < 1.29 is 25.9 Å². The van der Waals surface area contributed by atoms with Gasteiger partial charge in [-0.25, -0.2) is 0 Å². The Hall–Kier alpha value is 1.79. The standard InChI is InChI=1S/C10H8O6S2.2K.2H/c11-17(12,13)9-5-1-3-7-8(9)4-2-6-10(7)18(14,15)16;;;;/h1-6H,(H,11,12,13)(H,14,15,16);;;;. The summed E-state index contributed by atoms with van der Waals surface area (Å²) in [5.41, 5.74) is 0. The zero-order valence-corrected chi connectivity index (χ0v) is 10.4. The molecule has 20 heavy (non-hydrogen) atoms. The quantitative estimate of drug-likeness (QED) is 0.572. The van der Waals surface area contributed by atoms with Crippen molar-refractivity contribution in [2.75, 3.05) is 0 Å². The Morgan fingerprint density at radius 1 is 0.650 bits per heavy atom. The van der Waals surface area contributed by atoms with Crippen molar-refractivity contribution in [3.05, 3.63) is 36.4 Å². The molecule has 2 aromatic carbocycles. The van der Waals surface area contributed by atoms with Gasteiger partial charge in [0, 0.05) is 10.8 Å². The summed E-state index contributed by atoms with van der Waals surface area (Å²) in [6.45, 7) is 0. The molecule has 0 aliphatic heterocycles. The summed E-state index contributed by atoms with van der Waals surface area (Å²) in [6.07, 6.45) is 0. The van der Waals surface area contributed by atoms with Crippen molar-refractivity contribution in [3.63, 3.8) is 0 Å². The molecule has 0 bridgehead atoms. The van der Waals surface area contributed by atoms with Crippen LogP contribution < -0.4 is 0 Å². The number of benzene rings is 2. The summed E-state index contributed by atoms with van der Waals surface area (Å²) < 4.78 is 62.7.